The molecular formula is C27H31N3O2. The van der Waals surface area contributed by atoms with Crippen LogP contribution in [-0.4, -0.2) is 30.0 Å². The summed E-state index contributed by atoms with van der Waals surface area (Å²) in [6.07, 6.45) is 8.06. The first-order valence-corrected chi connectivity index (χ1v) is 11.4. The predicted molar refractivity (Wildman–Crippen MR) is 133 cm³/mol. The van der Waals surface area contributed by atoms with Crippen LogP contribution in [-0.2, 0) is 6.54 Å². The lowest BCUT2D eigenvalue weighted by Crippen LogP contribution is -1.98. The van der Waals surface area contributed by atoms with Gasteiger partial charge in [0.25, 0.3) is 0 Å². The van der Waals surface area contributed by atoms with E-state index in [1.165, 1.54) is 25.7 Å². The van der Waals surface area contributed by atoms with Crippen molar-refractivity contribution in [3.8, 4) is 11.5 Å². The molecule has 0 N–H and O–H groups in total. The van der Waals surface area contributed by atoms with Crippen LogP contribution in [0.2, 0.25) is 0 Å². The molecule has 0 unspecified atom stereocenters. The summed E-state index contributed by atoms with van der Waals surface area (Å²) in [7, 11) is 3.37. The number of fused-ring (bicyclic) bond motifs is 2. The molecule has 0 saturated carbocycles. The molecule has 32 heavy (non-hydrogen) atoms. The Balaban J connectivity index is 1.71. The van der Waals surface area contributed by atoms with Gasteiger partial charge in [-0.05, 0) is 36.8 Å². The second-order valence-corrected chi connectivity index (χ2v) is 7.96. The number of para-hydroxylation sites is 2. The number of aryl methyl sites for hydroxylation is 1. The second kappa shape index (κ2) is 10.3. The lowest BCUT2D eigenvalue weighted by Gasteiger charge is -2.11. The van der Waals surface area contributed by atoms with Crippen LogP contribution in [0.15, 0.2) is 59.6 Å². The summed E-state index contributed by atoms with van der Waals surface area (Å²) >= 11 is 0. The Morgan fingerprint density at radius 1 is 0.875 bits per heavy atom. The van der Waals surface area contributed by atoms with Crippen LogP contribution in [0.4, 0.5) is 5.95 Å². The Morgan fingerprint density at radius 3 is 2.50 bits per heavy atom. The molecule has 0 radical (unpaired) electrons. The van der Waals surface area contributed by atoms with E-state index in [0.717, 1.165) is 57.8 Å². The predicted octanol–water partition coefficient (Wildman–Crippen LogP) is 6.93. The van der Waals surface area contributed by atoms with Crippen LogP contribution in [0.1, 0.15) is 44.6 Å². The Morgan fingerprint density at radius 2 is 1.69 bits per heavy atom. The highest BCUT2D eigenvalue weighted by Crippen LogP contribution is 2.34. The van der Waals surface area contributed by atoms with Crippen LogP contribution in [0.3, 0.4) is 0 Å². The van der Waals surface area contributed by atoms with Crippen molar-refractivity contribution in [3.05, 3.63) is 60.2 Å². The summed E-state index contributed by atoms with van der Waals surface area (Å²) < 4.78 is 13.4. The summed E-state index contributed by atoms with van der Waals surface area (Å²) in [6.45, 7) is 3.16. The number of unbranched alkanes of at least 4 members (excludes halogenated alkanes) is 4. The molecule has 1 heterocycles. The molecular weight excluding hydrogens is 398 g/mol. The first-order valence-electron chi connectivity index (χ1n) is 11.4. The Bertz CT molecular complexity index is 1230. The van der Waals surface area contributed by atoms with Gasteiger partial charge in [0.05, 0.1) is 25.3 Å². The highest BCUT2D eigenvalue weighted by molar-refractivity contribution is 6.06. The summed E-state index contributed by atoms with van der Waals surface area (Å²) in [5.74, 6) is 2.35. The van der Waals surface area contributed by atoms with Gasteiger partial charge in [0, 0.05) is 29.1 Å². The third kappa shape index (κ3) is 4.47. The SMILES string of the molecule is CCCCCCCn1c(/N=C/c2ccc(OC)c3cccc(OC)c23)nc2ccccc21. The lowest BCUT2D eigenvalue weighted by molar-refractivity contribution is 0.415. The van der Waals surface area contributed by atoms with Crippen molar-refractivity contribution in [1.82, 2.24) is 9.55 Å². The average Bonchev–Trinajstić information content (AvgIpc) is 3.19. The van der Waals surface area contributed by atoms with Crippen molar-refractivity contribution < 1.29 is 9.47 Å². The highest BCUT2D eigenvalue weighted by Gasteiger charge is 2.12. The molecule has 0 bridgehead atoms. The van der Waals surface area contributed by atoms with Crippen molar-refractivity contribution in [3.63, 3.8) is 0 Å². The zero-order valence-electron chi connectivity index (χ0n) is 19.2. The van der Waals surface area contributed by atoms with Gasteiger partial charge in [-0.2, -0.15) is 0 Å². The molecule has 3 aromatic carbocycles. The second-order valence-electron chi connectivity index (χ2n) is 7.96. The number of methoxy groups -OCH3 is 2. The molecule has 166 valence electrons. The van der Waals surface area contributed by atoms with Crippen molar-refractivity contribution in [1.29, 1.82) is 0 Å². The zero-order valence-corrected chi connectivity index (χ0v) is 19.2. The van der Waals surface area contributed by atoms with Crippen molar-refractivity contribution in [2.75, 3.05) is 14.2 Å². The standard InChI is InChI=1S/C27H31N3O2/c1-4-5-6-7-10-18-30-23-14-9-8-13-22(23)29-27(30)28-19-20-16-17-24(31-2)21-12-11-15-25(32-3)26(20)21/h8-9,11-17,19H,4-7,10,18H2,1-3H3/b28-19+. The fourth-order valence-corrected chi connectivity index (χ4v) is 4.21. The Hall–Kier alpha value is -3.34. The first-order chi connectivity index (χ1) is 15.8. The van der Waals surface area contributed by atoms with E-state index in [4.69, 9.17) is 19.5 Å². The van der Waals surface area contributed by atoms with Crippen LogP contribution in [0.25, 0.3) is 21.8 Å². The molecule has 0 amide bonds. The van der Waals surface area contributed by atoms with Crippen LogP contribution in [0, 0.1) is 0 Å². The number of hydrogen-bond acceptors (Lipinski definition) is 4. The lowest BCUT2D eigenvalue weighted by atomic mass is 10.0. The van der Waals surface area contributed by atoms with E-state index in [0.29, 0.717) is 0 Å². The van der Waals surface area contributed by atoms with E-state index in [9.17, 15) is 0 Å². The zero-order chi connectivity index (χ0) is 22.3. The largest absolute Gasteiger partial charge is 0.496 e. The summed E-state index contributed by atoms with van der Waals surface area (Å²) in [5, 5.41) is 1.99. The molecule has 5 nitrogen and oxygen atoms in total. The van der Waals surface area contributed by atoms with E-state index >= 15 is 0 Å². The minimum absolute atomic E-state index is 0.737. The van der Waals surface area contributed by atoms with Gasteiger partial charge in [-0.1, -0.05) is 56.9 Å². The van der Waals surface area contributed by atoms with Gasteiger partial charge in [-0.15, -0.1) is 0 Å². The number of ether oxygens (including phenoxy) is 2. The maximum Gasteiger partial charge on any atom is 0.230 e. The van der Waals surface area contributed by atoms with E-state index in [2.05, 4.69) is 23.6 Å². The number of imidazole rings is 1. The van der Waals surface area contributed by atoms with Crippen molar-refractivity contribution >= 4 is 34.0 Å². The molecule has 5 heteroatoms. The highest BCUT2D eigenvalue weighted by atomic mass is 16.5. The van der Waals surface area contributed by atoms with E-state index < -0.39 is 0 Å². The number of hydrogen-bond donors (Lipinski definition) is 0. The number of aromatic nitrogens is 2. The molecule has 0 aliphatic rings. The van der Waals surface area contributed by atoms with Gasteiger partial charge >= 0.3 is 0 Å². The van der Waals surface area contributed by atoms with Crippen LogP contribution < -0.4 is 9.47 Å². The molecule has 1 aromatic heterocycles. The van der Waals surface area contributed by atoms with E-state index in [1.807, 2.05) is 48.7 Å². The summed E-state index contributed by atoms with van der Waals surface area (Å²) in [6, 6.07) is 18.2. The van der Waals surface area contributed by atoms with Gasteiger partial charge < -0.3 is 14.0 Å². The number of aliphatic imine (C=N–C) groups is 1. The minimum atomic E-state index is 0.737. The van der Waals surface area contributed by atoms with Gasteiger partial charge in [0.1, 0.15) is 11.5 Å². The van der Waals surface area contributed by atoms with Gasteiger partial charge in [-0.3, -0.25) is 0 Å². The van der Waals surface area contributed by atoms with Gasteiger partial charge in [-0.25, -0.2) is 9.98 Å². The monoisotopic (exact) mass is 429 g/mol. The molecule has 0 fully saturated rings. The fraction of sp³-hybridized carbons (Fsp3) is 0.333. The molecule has 0 saturated heterocycles. The average molecular weight is 430 g/mol. The van der Waals surface area contributed by atoms with Crippen molar-refractivity contribution in [2.45, 2.75) is 45.6 Å². The fourth-order valence-electron chi connectivity index (χ4n) is 4.21. The van der Waals surface area contributed by atoms with E-state index in [1.54, 1.807) is 14.2 Å². The smallest absolute Gasteiger partial charge is 0.230 e. The summed E-state index contributed by atoms with van der Waals surface area (Å²) in [4.78, 5) is 9.65. The van der Waals surface area contributed by atoms with Crippen LogP contribution in [0.5, 0.6) is 11.5 Å². The normalized spacial score (nSPS) is 11.6. The third-order valence-corrected chi connectivity index (χ3v) is 5.87. The van der Waals surface area contributed by atoms with Gasteiger partial charge in [0.15, 0.2) is 0 Å². The summed E-state index contributed by atoms with van der Waals surface area (Å²) in [5.41, 5.74) is 3.08. The maximum atomic E-state index is 5.64. The molecule has 0 aliphatic carbocycles. The first kappa shape index (κ1) is 21.9. The quantitative estimate of drug-likeness (QED) is 0.203. The third-order valence-electron chi connectivity index (χ3n) is 5.87. The number of rotatable bonds is 10. The van der Waals surface area contributed by atoms with Crippen molar-refractivity contribution in [2.24, 2.45) is 4.99 Å². The number of nitrogens with zero attached hydrogens (tertiary/aromatic N) is 3. The Labute approximate surface area is 189 Å². The molecule has 0 aliphatic heterocycles. The molecule has 0 spiro atoms. The van der Waals surface area contributed by atoms with E-state index in [-0.39, 0.29) is 0 Å². The van der Waals surface area contributed by atoms with Gasteiger partial charge in [0.2, 0.25) is 5.95 Å². The maximum absolute atomic E-state index is 5.64. The topological polar surface area (TPSA) is 48.6 Å². The molecule has 4 aromatic rings. The minimum Gasteiger partial charge on any atom is -0.496 e. The Kier molecular flexibility index (Phi) is 7.05. The number of benzene rings is 3. The molecule has 0 atom stereocenters. The van der Waals surface area contributed by atoms with Crippen LogP contribution >= 0.6 is 0 Å². The molecule has 4 rings (SSSR count).